The number of carbonyl (C=O) groups is 2. The summed E-state index contributed by atoms with van der Waals surface area (Å²) in [5.74, 6) is -0.662. The van der Waals surface area contributed by atoms with Gasteiger partial charge in [0, 0.05) is 31.5 Å². The lowest BCUT2D eigenvalue weighted by molar-refractivity contribution is -0.384. The highest BCUT2D eigenvalue weighted by Crippen LogP contribution is 2.35. The molecular formula is C15H15N3O6. The van der Waals surface area contributed by atoms with Gasteiger partial charge in [-0.2, -0.15) is 0 Å². The van der Waals surface area contributed by atoms with E-state index >= 15 is 0 Å². The van der Waals surface area contributed by atoms with Crippen LogP contribution in [0.2, 0.25) is 0 Å². The number of ketones is 1. The van der Waals surface area contributed by atoms with Crippen LogP contribution >= 0.6 is 0 Å². The Morgan fingerprint density at radius 1 is 1.46 bits per heavy atom. The number of carboxylic acids is 1. The van der Waals surface area contributed by atoms with Crippen LogP contribution in [0, 0.1) is 10.1 Å². The van der Waals surface area contributed by atoms with Gasteiger partial charge in [0.25, 0.3) is 11.7 Å². The van der Waals surface area contributed by atoms with Crippen LogP contribution in [0.5, 0.6) is 5.75 Å². The van der Waals surface area contributed by atoms with Crippen LogP contribution in [-0.4, -0.2) is 37.4 Å². The first-order chi connectivity index (χ1) is 11.3. The minimum absolute atomic E-state index is 0.125. The molecule has 1 aromatic heterocycles. The number of hydrogen-bond donors (Lipinski definition) is 1. The van der Waals surface area contributed by atoms with E-state index in [1.54, 1.807) is 23.9 Å². The van der Waals surface area contributed by atoms with Crippen LogP contribution in [0.3, 0.4) is 0 Å². The summed E-state index contributed by atoms with van der Waals surface area (Å²) in [5, 5.41) is 18.2. The third-order valence-corrected chi connectivity index (χ3v) is 3.31. The largest absolute Gasteiger partial charge is 0.487 e. The molecule has 2 atom stereocenters. The Morgan fingerprint density at radius 3 is 2.67 bits per heavy atom. The maximum Gasteiger partial charge on any atom is 0.300 e. The Labute approximate surface area is 136 Å². The van der Waals surface area contributed by atoms with E-state index in [2.05, 4.69) is 4.98 Å². The maximum atomic E-state index is 12.5. The van der Waals surface area contributed by atoms with Crippen molar-refractivity contribution in [3.05, 3.63) is 52.6 Å². The number of hydrogen-bond acceptors (Lipinski definition) is 6. The standard InChI is InChI=1S/C13H11N3O4.C2H4O2/c1-8-12(15-5-4-14-7-15)13(17)10-6-9(16(18)19)2-3-11(10)20-8;1-2(3)4/h2-8,12H,1H3;1H3,(H,3,4). The fourth-order valence-corrected chi connectivity index (χ4v) is 2.38. The molecule has 9 heteroatoms. The minimum Gasteiger partial charge on any atom is -0.487 e. The minimum atomic E-state index is -0.833. The van der Waals surface area contributed by atoms with Gasteiger partial charge in [-0.1, -0.05) is 0 Å². The summed E-state index contributed by atoms with van der Waals surface area (Å²) in [7, 11) is 0. The number of nitrogens with zero attached hydrogens (tertiary/aromatic N) is 3. The monoisotopic (exact) mass is 333 g/mol. The molecule has 0 spiro atoms. The van der Waals surface area contributed by atoms with Crippen molar-refractivity contribution in [3.63, 3.8) is 0 Å². The van der Waals surface area contributed by atoms with Crippen molar-refractivity contribution < 1.29 is 24.4 Å². The molecule has 2 heterocycles. The Balaban J connectivity index is 0.000000471. The van der Waals surface area contributed by atoms with E-state index in [1.165, 1.54) is 24.5 Å². The van der Waals surface area contributed by atoms with Crippen molar-refractivity contribution in [2.45, 2.75) is 26.0 Å². The van der Waals surface area contributed by atoms with Gasteiger partial charge in [-0.25, -0.2) is 4.98 Å². The van der Waals surface area contributed by atoms with Crippen molar-refractivity contribution in [2.24, 2.45) is 0 Å². The van der Waals surface area contributed by atoms with E-state index in [-0.39, 0.29) is 23.1 Å². The average molecular weight is 333 g/mol. The molecule has 0 amide bonds. The van der Waals surface area contributed by atoms with E-state index in [0.29, 0.717) is 5.75 Å². The summed E-state index contributed by atoms with van der Waals surface area (Å²) < 4.78 is 7.33. The topological polar surface area (TPSA) is 125 Å². The van der Waals surface area contributed by atoms with Crippen LogP contribution in [0.15, 0.2) is 36.9 Å². The van der Waals surface area contributed by atoms with Gasteiger partial charge in [-0.15, -0.1) is 0 Å². The second-order valence-corrected chi connectivity index (χ2v) is 5.10. The predicted molar refractivity (Wildman–Crippen MR) is 82.1 cm³/mol. The van der Waals surface area contributed by atoms with Crippen LogP contribution in [0.1, 0.15) is 30.2 Å². The van der Waals surface area contributed by atoms with Crippen LogP contribution in [0.25, 0.3) is 0 Å². The van der Waals surface area contributed by atoms with Crippen molar-refractivity contribution in [1.82, 2.24) is 9.55 Å². The van der Waals surface area contributed by atoms with Gasteiger partial charge in [-0.3, -0.25) is 19.7 Å². The third kappa shape index (κ3) is 3.57. The maximum absolute atomic E-state index is 12.5. The van der Waals surface area contributed by atoms with Crippen LogP contribution in [0.4, 0.5) is 5.69 Å². The van der Waals surface area contributed by atoms with Crippen LogP contribution in [-0.2, 0) is 4.79 Å². The highest BCUT2D eigenvalue weighted by atomic mass is 16.6. The summed E-state index contributed by atoms with van der Waals surface area (Å²) >= 11 is 0. The molecule has 1 aliphatic rings. The first-order valence-corrected chi connectivity index (χ1v) is 6.97. The second kappa shape index (κ2) is 6.90. The fraction of sp³-hybridized carbons (Fsp3) is 0.267. The van der Waals surface area contributed by atoms with E-state index in [1.807, 2.05) is 0 Å². The number of aromatic nitrogens is 2. The first kappa shape index (κ1) is 17.1. The quantitative estimate of drug-likeness (QED) is 0.659. The highest BCUT2D eigenvalue weighted by molar-refractivity contribution is 6.03. The van der Waals surface area contributed by atoms with E-state index in [0.717, 1.165) is 6.92 Å². The fourth-order valence-electron chi connectivity index (χ4n) is 2.38. The average Bonchev–Trinajstić information content (AvgIpc) is 3.00. The van der Waals surface area contributed by atoms with Gasteiger partial charge in [0.1, 0.15) is 17.9 Å². The van der Waals surface area contributed by atoms with Crippen LogP contribution < -0.4 is 4.74 Å². The predicted octanol–water partition coefficient (Wildman–Crippen LogP) is 2.09. The summed E-state index contributed by atoms with van der Waals surface area (Å²) in [6.45, 7) is 2.87. The number of non-ortho nitro benzene ring substituents is 1. The third-order valence-electron chi connectivity index (χ3n) is 3.31. The number of benzene rings is 1. The number of rotatable bonds is 2. The van der Waals surface area contributed by atoms with E-state index in [9.17, 15) is 14.9 Å². The zero-order valence-electron chi connectivity index (χ0n) is 12.9. The lowest BCUT2D eigenvalue weighted by atomic mass is 9.95. The lowest BCUT2D eigenvalue weighted by Gasteiger charge is -2.30. The highest BCUT2D eigenvalue weighted by Gasteiger charge is 2.36. The normalized spacial score (nSPS) is 18.7. The molecule has 1 aromatic carbocycles. The zero-order chi connectivity index (χ0) is 17.9. The molecule has 0 radical (unpaired) electrons. The molecule has 0 saturated carbocycles. The molecule has 126 valence electrons. The molecule has 3 rings (SSSR count). The van der Waals surface area contributed by atoms with Crippen molar-refractivity contribution >= 4 is 17.4 Å². The molecule has 0 fully saturated rings. The van der Waals surface area contributed by atoms with Gasteiger partial charge >= 0.3 is 0 Å². The molecule has 0 saturated heterocycles. The molecule has 2 aromatic rings. The van der Waals surface area contributed by atoms with Gasteiger partial charge in [0.2, 0.25) is 0 Å². The summed E-state index contributed by atoms with van der Waals surface area (Å²) in [6.07, 6.45) is 4.41. The Hall–Kier alpha value is -3.23. The molecule has 0 bridgehead atoms. The van der Waals surface area contributed by atoms with Crippen molar-refractivity contribution in [2.75, 3.05) is 0 Å². The van der Waals surface area contributed by atoms with Gasteiger partial charge in [0.15, 0.2) is 5.78 Å². The van der Waals surface area contributed by atoms with Crippen molar-refractivity contribution in [1.29, 1.82) is 0 Å². The molecule has 2 unspecified atom stereocenters. The van der Waals surface area contributed by atoms with Gasteiger partial charge < -0.3 is 14.4 Å². The summed E-state index contributed by atoms with van der Waals surface area (Å²) in [4.78, 5) is 35.7. The molecule has 1 aliphatic heterocycles. The first-order valence-electron chi connectivity index (χ1n) is 6.97. The number of carbonyl (C=O) groups excluding carboxylic acids is 1. The second-order valence-electron chi connectivity index (χ2n) is 5.10. The Bertz CT molecular complexity index is 768. The molecule has 9 nitrogen and oxygen atoms in total. The van der Waals surface area contributed by atoms with Gasteiger partial charge in [0.05, 0.1) is 16.8 Å². The number of carboxylic acid groups (broad SMARTS) is 1. The van der Waals surface area contributed by atoms with Crippen molar-refractivity contribution in [3.8, 4) is 5.75 Å². The van der Waals surface area contributed by atoms with E-state index in [4.69, 9.17) is 14.6 Å². The number of nitro benzene ring substituents is 1. The number of imidazole rings is 1. The lowest BCUT2D eigenvalue weighted by Crippen LogP contribution is -2.37. The number of ether oxygens (including phenoxy) is 1. The number of nitro groups is 1. The zero-order valence-corrected chi connectivity index (χ0v) is 12.9. The Morgan fingerprint density at radius 2 is 2.12 bits per heavy atom. The summed E-state index contributed by atoms with van der Waals surface area (Å²) in [5.41, 5.74) is 0.107. The molecule has 24 heavy (non-hydrogen) atoms. The van der Waals surface area contributed by atoms with Gasteiger partial charge in [-0.05, 0) is 13.0 Å². The number of aliphatic carboxylic acids is 1. The van der Waals surface area contributed by atoms with E-state index < -0.39 is 16.9 Å². The summed E-state index contributed by atoms with van der Waals surface area (Å²) in [6, 6.07) is 3.49. The Kier molecular flexibility index (Phi) is 4.93. The number of fused-ring (bicyclic) bond motifs is 1. The number of Topliss-reactive ketones (excluding diaryl/α,β-unsaturated/α-hetero) is 1. The molecule has 0 aliphatic carbocycles. The molecule has 1 N–H and O–H groups in total. The molecular weight excluding hydrogens is 318 g/mol. The smallest absolute Gasteiger partial charge is 0.300 e. The SMILES string of the molecule is CC(=O)O.CC1Oc2ccc([N+](=O)[O-])cc2C(=O)C1n1ccnc1.